The van der Waals surface area contributed by atoms with Gasteiger partial charge in [0.2, 0.25) is 0 Å². The number of carbonyl (C=O) groups is 1. The van der Waals surface area contributed by atoms with Gasteiger partial charge >= 0.3 is 5.97 Å². The molecule has 1 fully saturated rings. The predicted octanol–water partition coefficient (Wildman–Crippen LogP) is 7.08. The zero-order chi connectivity index (χ0) is 31.3. The summed E-state index contributed by atoms with van der Waals surface area (Å²) in [7, 11) is 1.89. The number of aromatic nitrogens is 4. The number of carboxylic acids is 1. The Balaban J connectivity index is 1.30. The van der Waals surface area contributed by atoms with E-state index in [-0.39, 0.29) is 12.0 Å². The Morgan fingerprint density at radius 2 is 1.93 bits per heavy atom. The minimum atomic E-state index is -0.871. The third-order valence-electron chi connectivity index (χ3n) is 10.4. The Morgan fingerprint density at radius 3 is 2.71 bits per heavy atom. The van der Waals surface area contributed by atoms with Crippen molar-refractivity contribution in [3.05, 3.63) is 94.2 Å². The third-order valence-corrected chi connectivity index (χ3v) is 10.4. The summed E-state index contributed by atoms with van der Waals surface area (Å²) in [5.74, 6) is -0.0640. The molecule has 2 aromatic heterocycles. The Kier molecular flexibility index (Phi) is 7.56. The van der Waals surface area contributed by atoms with Gasteiger partial charge in [0.25, 0.3) is 0 Å². The van der Waals surface area contributed by atoms with Crippen LogP contribution in [0.5, 0.6) is 5.75 Å². The lowest BCUT2D eigenvalue weighted by atomic mass is 9.66. The summed E-state index contributed by atoms with van der Waals surface area (Å²) in [6, 6.07) is 19.1. The predicted molar refractivity (Wildman–Crippen MR) is 175 cm³/mol. The molecular weight excluding hydrogens is 562 g/mol. The van der Waals surface area contributed by atoms with Gasteiger partial charge in [0.15, 0.2) is 0 Å². The fourth-order valence-corrected chi connectivity index (χ4v) is 7.79. The average molecular weight is 604 g/mol. The monoisotopic (exact) mass is 603 g/mol. The van der Waals surface area contributed by atoms with Crippen LogP contribution in [0.1, 0.15) is 78.3 Å². The number of hydrogen-bond acceptors (Lipinski definition) is 6. The number of ether oxygens (including phenoxy) is 1. The van der Waals surface area contributed by atoms with Crippen molar-refractivity contribution in [3.63, 3.8) is 0 Å². The number of carboxylic acid groups (broad SMARTS) is 1. The highest BCUT2D eigenvalue weighted by Gasteiger charge is 2.49. The van der Waals surface area contributed by atoms with Crippen LogP contribution in [-0.2, 0) is 24.9 Å². The van der Waals surface area contributed by atoms with Crippen molar-refractivity contribution in [2.45, 2.75) is 78.0 Å². The summed E-state index contributed by atoms with van der Waals surface area (Å²) in [5.41, 5.74) is 8.55. The fraction of sp³-hybridized carbons (Fsp3) is 0.405. The fourth-order valence-electron chi connectivity index (χ4n) is 7.79. The number of fused-ring (bicyclic) bond motifs is 3. The quantitative estimate of drug-likeness (QED) is 0.212. The van der Waals surface area contributed by atoms with Gasteiger partial charge in [-0.05, 0) is 85.2 Å². The van der Waals surface area contributed by atoms with Gasteiger partial charge in [-0.2, -0.15) is 0 Å². The molecule has 0 amide bonds. The molecule has 1 unspecified atom stereocenters. The Bertz CT molecular complexity index is 1910. The van der Waals surface area contributed by atoms with E-state index >= 15 is 0 Å². The number of benzene rings is 3. The van der Waals surface area contributed by atoms with Gasteiger partial charge in [0.05, 0.1) is 16.4 Å². The van der Waals surface area contributed by atoms with Crippen molar-refractivity contribution in [1.82, 2.24) is 24.9 Å². The summed E-state index contributed by atoms with van der Waals surface area (Å²) >= 11 is 0. The standard InChI is InChI=1S/C37H41N5O3/c1-5-29-22-42(21-28-18-31-25(9-8-16-38-31)19-33(28)45-29)20-27-17-26(11-10-23(27)2)34(37(36(43)44)14-6-7-15-37)30-12-13-32-35(24(30)3)39-40-41(32)4/h8-13,16-19,29,34H,5-7,14-15,20-22H2,1-4H3,(H,43,44)/t29-,34?/m1/s1. The highest BCUT2D eigenvalue weighted by Crippen LogP contribution is 2.53. The molecule has 1 saturated carbocycles. The van der Waals surface area contributed by atoms with E-state index in [1.165, 1.54) is 11.1 Å². The van der Waals surface area contributed by atoms with Crippen molar-refractivity contribution in [2.24, 2.45) is 12.5 Å². The van der Waals surface area contributed by atoms with Crippen LogP contribution in [0.25, 0.3) is 21.9 Å². The molecule has 0 spiro atoms. The van der Waals surface area contributed by atoms with E-state index < -0.39 is 11.4 Å². The van der Waals surface area contributed by atoms with Crippen LogP contribution in [0.4, 0.5) is 0 Å². The second-order valence-corrected chi connectivity index (χ2v) is 13.1. The van der Waals surface area contributed by atoms with Crippen molar-refractivity contribution < 1.29 is 14.6 Å². The first-order chi connectivity index (χ1) is 21.8. The molecule has 3 heterocycles. The van der Waals surface area contributed by atoms with E-state index in [9.17, 15) is 9.90 Å². The Morgan fingerprint density at radius 1 is 1.11 bits per heavy atom. The molecule has 2 aliphatic rings. The van der Waals surface area contributed by atoms with E-state index in [0.717, 1.165) is 88.8 Å². The first-order valence-electron chi connectivity index (χ1n) is 16.2. The van der Waals surface area contributed by atoms with Gasteiger partial charge < -0.3 is 9.84 Å². The number of rotatable bonds is 7. The molecule has 0 saturated heterocycles. The van der Waals surface area contributed by atoms with Crippen LogP contribution >= 0.6 is 0 Å². The lowest BCUT2D eigenvalue weighted by Gasteiger charge is -2.36. The molecule has 3 aromatic carbocycles. The maximum atomic E-state index is 13.2. The van der Waals surface area contributed by atoms with E-state index in [4.69, 9.17) is 4.74 Å². The van der Waals surface area contributed by atoms with Crippen molar-refractivity contribution >= 4 is 27.9 Å². The second-order valence-electron chi connectivity index (χ2n) is 13.1. The minimum Gasteiger partial charge on any atom is -0.489 e. The molecule has 1 aliphatic heterocycles. The Hall–Kier alpha value is -4.30. The zero-order valence-electron chi connectivity index (χ0n) is 26.6. The van der Waals surface area contributed by atoms with Crippen LogP contribution in [0.15, 0.2) is 60.8 Å². The summed E-state index contributed by atoms with van der Waals surface area (Å²) in [6.45, 7) is 8.71. The van der Waals surface area contributed by atoms with Gasteiger partial charge in [-0.3, -0.25) is 14.7 Å². The van der Waals surface area contributed by atoms with Gasteiger partial charge in [-0.25, -0.2) is 4.68 Å². The SMILES string of the molecule is CC[C@@H]1CN(Cc2cc(C(c3ccc4c(nnn4C)c3C)C3(C(=O)O)CCCC3)ccc2C)Cc2cc3ncccc3cc2O1. The van der Waals surface area contributed by atoms with Gasteiger partial charge in [-0.1, -0.05) is 55.3 Å². The molecule has 1 aliphatic carbocycles. The maximum Gasteiger partial charge on any atom is 0.310 e. The molecular formula is C37H41N5O3. The first kappa shape index (κ1) is 29.4. The molecule has 232 valence electrons. The number of nitrogens with zero attached hydrogens (tertiary/aromatic N) is 5. The minimum absolute atomic E-state index is 0.0757. The van der Waals surface area contributed by atoms with Gasteiger partial charge in [0, 0.05) is 49.7 Å². The smallest absolute Gasteiger partial charge is 0.310 e. The lowest BCUT2D eigenvalue weighted by Crippen LogP contribution is -2.36. The first-order valence-corrected chi connectivity index (χ1v) is 16.2. The molecule has 0 bridgehead atoms. The van der Waals surface area contributed by atoms with E-state index in [1.54, 1.807) is 4.68 Å². The normalized spacial score (nSPS) is 18.9. The summed E-state index contributed by atoms with van der Waals surface area (Å²) in [4.78, 5) is 20.3. The molecule has 8 heteroatoms. The molecule has 0 radical (unpaired) electrons. The molecule has 8 nitrogen and oxygen atoms in total. The van der Waals surface area contributed by atoms with Gasteiger partial charge in [-0.15, -0.1) is 5.10 Å². The summed E-state index contributed by atoms with van der Waals surface area (Å²) in [6.07, 6.45) is 5.98. The maximum absolute atomic E-state index is 13.2. The molecule has 1 N–H and O–H groups in total. The summed E-state index contributed by atoms with van der Waals surface area (Å²) in [5, 5.41) is 20.6. The molecule has 7 rings (SSSR count). The van der Waals surface area contributed by atoms with Crippen LogP contribution in [-0.4, -0.2) is 48.6 Å². The van der Waals surface area contributed by atoms with Crippen molar-refractivity contribution in [1.29, 1.82) is 0 Å². The van der Waals surface area contributed by atoms with Crippen molar-refractivity contribution in [3.8, 4) is 5.75 Å². The molecule has 5 aromatic rings. The van der Waals surface area contributed by atoms with Crippen LogP contribution in [0, 0.1) is 19.3 Å². The third kappa shape index (κ3) is 5.15. The lowest BCUT2D eigenvalue weighted by molar-refractivity contribution is -0.149. The summed E-state index contributed by atoms with van der Waals surface area (Å²) < 4.78 is 8.32. The zero-order valence-corrected chi connectivity index (χ0v) is 26.6. The number of aryl methyl sites for hydroxylation is 3. The van der Waals surface area contributed by atoms with Gasteiger partial charge in [0.1, 0.15) is 17.4 Å². The Labute approximate surface area is 264 Å². The number of pyridine rings is 1. The number of hydrogen-bond donors (Lipinski definition) is 1. The molecule has 45 heavy (non-hydrogen) atoms. The highest BCUT2D eigenvalue weighted by molar-refractivity contribution is 5.83. The molecule has 2 atom stereocenters. The van der Waals surface area contributed by atoms with Crippen LogP contribution in [0.2, 0.25) is 0 Å². The van der Waals surface area contributed by atoms with Crippen LogP contribution in [0.3, 0.4) is 0 Å². The average Bonchev–Trinajstić information content (AvgIpc) is 3.63. The van der Waals surface area contributed by atoms with E-state index in [0.29, 0.717) is 12.8 Å². The van der Waals surface area contributed by atoms with Crippen molar-refractivity contribution in [2.75, 3.05) is 6.54 Å². The van der Waals surface area contributed by atoms with E-state index in [1.807, 2.05) is 25.4 Å². The largest absolute Gasteiger partial charge is 0.489 e. The topological polar surface area (TPSA) is 93.4 Å². The highest BCUT2D eigenvalue weighted by atomic mass is 16.5. The van der Waals surface area contributed by atoms with Crippen LogP contribution < -0.4 is 4.74 Å². The number of aliphatic carboxylic acids is 1. The van der Waals surface area contributed by atoms with E-state index in [2.05, 4.69) is 83.4 Å². The second kappa shape index (κ2) is 11.6.